The molecule has 0 aliphatic carbocycles. The molecule has 0 spiro atoms. The Morgan fingerprint density at radius 3 is 1.59 bits per heavy atom. The first-order valence-electron chi connectivity index (χ1n) is 15.7. The predicted octanol–water partition coefficient (Wildman–Crippen LogP) is 7.53. The second-order valence-electron chi connectivity index (χ2n) is 10.7. The van der Waals surface area contributed by atoms with Gasteiger partial charge in [-0.2, -0.15) is 0 Å². The Kier molecular flexibility index (Phi) is 27.0. The Labute approximate surface area is 229 Å². The average molecular weight is 524 g/mol. The molecule has 0 bridgehead atoms. The Morgan fingerprint density at radius 1 is 0.649 bits per heavy atom. The molecule has 0 aromatic rings. The molecule has 4 N–H and O–H groups in total. The molecule has 0 radical (unpaired) electrons. The summed E-state index contributed by atoms with van der Waals surface area (Å²) >= 11 is 0. The monoisotopic (exact) mass is 523 g/mol. The first-order valence-corrected chi connectivity index (χ1v) is 15.7. The first-order chi connectivity index (χ1) is 18.1. The van der Waals surface area contributed by atoms with Crippen molar-refractivity contribution in [2.45, 2.75) is 167 Å². The molecule has 218 valence electrons. The molecule has 0 saturated heterocycles. The van der Waals surface area contributed by atoms with E-state index in [0.717, 1.165) is 19.3 Å². The zero-order chi connectivity index (χ0) is 27.4. The number of allylic oxidation sites excluding steroid dienone is 3. The highest BCUT2D eigenvalue weighted by Crippen LogP contribution is 2.13. The van der Waals surface area contributed by atoms with Gasteiger partial charge >= 0.3 is 0 Å². The van der Waals surface area contributed by atoms with Crippen LogP contribution in [-0.2, 0) is 4.79 Å². The molecule has 1 amide bonds. The van der Waals surface area contributed by atoms with Crippen molar-refractivity contribution in [1.29, 1.82) is 0 Å². The van der Waals surface area contributed by atoms with E-state index in [0.29, 0.717) is 12.8 Å². The minimum Gasteiger partial charge on any atom is -0.394 e. The molecule has 37 heavy (non-hydrogen) atoms. The lowest BCUT2D eigenvalue weighted by molar-refractivity contribution is -0.131. The molecule has 0 fully saturated rings. The van der Waals surface area contributed by atoms with Crippen LogP contribution in [0.15, 0.2) is 24.3 Å². The van der Waals surface area contributed by atoms with Crippen molar-refractivity contribution in [3.05, 3.63) is 24.3 Å². The summed E-state index contributed by atoms with van der Waals surface area (Å²) in [5, 5.41) is 32.6. The summed E-state index contributed by atoms with van der Waals surface area (Å²) in [6, 6.07) is -0.806. The highest BCUT2D eigenvalue weighted by molar-refractivity contribution is 5.80. The molecule has 0 rings (SSSR count). The third-order valence-electron chi connectivity index (χ3n) is 7.04. The predicted molar refractivity (Wildman–Crippen MR) is 158 cm³/mol. The van der Waals surface area contributed by atoms with Crippen molar-refractivity contribution in [2.75, 3.05) is 6.61 Å². The van der Waals surface area contributed by atoms with Gasteiger partial charge in [-0.05, 0) is 38.5 Å². The lowest BCUT2D eigenvalue weighted by atomic mass is 10.0. The van der Waals surface area contributed by atoms with Crippen LogP contribution >= 0.6 is 0 Å². The summed E-state index contributed by atoms with van der Waals surface area (Å²) in [4.78, 5) is 12.2. The van der Waals surface area contributed by atoms with E-state index in [-0.39, 0.29) is 6.61 Å². The van der Waals surface area contributed by atoms with Crippen LogP contribution < -0.4 is 5.32 Å². The minimum atomic E-state index is -1.14. The normalized spacial score (nSPS) is 14.4. The number of hydrogen-bond donors (Lipinski definition) is 4. The molecule has 0 aliphatic rings. The third-order valence-corrected chi connectivity index (χ3v) is 7.04. The Balaban J connectivity index is 3.83. The van der Waals surface area contributed by atoms with E-state index >= 15 is 0 Å². The van der Waals surface area contributed by atoms with Crippen molar-refractivity contribution in [3.8, 4) is 0 Å². The van der Waals surface area contributed by atoms with Gasteiger partial charge in [-0.3, -0.25) is 4.79 Å². The highest BCUT2D eigenvalue weighted by atomic mass is 16.3. The number of carbonyl (C=O) groups is 1. The van der Waals surface area contributed by atoms with E-state index < -0.39 is 24.2 Å². The number of rotatable bonds is 27. The maximum atomic E-state index is 12.2. The SMILES string of the molecule is CCCCCC/C=C\CCC(O)C(=O)NC(CO)C(O)/C=C/CCCCCCCCCCCCCCC. The number of carbonyl (C=O) groups excluding carboxylic acids is 1. The molecule has 5 heteroatoms. The van der Waals surface area contributed by atoms with Crippen LogP contribution in [0.1, 0.15) is 149 Å². The second-order valence-corrected chi connectivity index (χ2v) is 10.7. The molecule has 0 aliphatic heterocycles. The van der Waals surface area contributed by atoms with E-state index in [4.69, 9.17) is 0 Å². The standard InChI is InChI=1S/C32H61NO4/c1-3-5-7-9-11-13-14-15-16-17-18-19-21-22-24-26-30(35)29(28-34)33-32(37)31(36)27-25-23-20-12-10-8-6-4-2/h20,23-24,26,29-31,34-36H,3-19,21-22,25,27-28H2,1-2H3,(H,33,37)/b23-20-,26-24+. The number of unbranched alkanes of at least 4 members (excludes halogenated alkanes) is 17. The zero-order valence-electron chi connectivity index (χ0n) is 24.3. The fourth-order valence-electron chi connectivity index (χ4n) is 4.48. The third kappa shape index (κ3) is 23.7. The fourth-order valence-corrected chi connectivity index (χ4v) is 4.48. The van der Waals surface area contributed by atoms with Gasteiger partial charge in [0.15, 0.2) is 0 Å². The van der Waals surface area contributed by atoms with Gasteiger partial charge in [-0.1, -0.05) is 134 Å². The lowest BCUT2D eigenvalue weighted by Gasteiger charge is -2.21. The van der Waals surface area contributed by atoms with Gasteiger partial charge in [-0.25, -0.2) is 0 Å². The van der Waals surface area contributed by atoms with Gasteiger partial charge < -0.3 is 20.6 Å². The van der Waals surface area contributed by atoms with Crippen molar-refractivity contribution in [2.24, 2.45) is 0 Å². The Bertz CT molecular complexity index is 549. The molecule has 3 atom stereocenters. The van der Waals surface area contributed by atoms with Crippen LogP contribution in [0.5, 0.6) is 0 Å². The van der Waals surface area contributed by atoms with Gasteiger partial charge in [0.1, 0.15) is 6.10 Å². The van der Waals surface area contributed by atoms with Crippen molar-refractivity contribution in [1.82, 2.24) is 5.32 Å². The Hall–Kier alpha value is -1.17. The second kappa shape index (κ2) is 27.9. The molecule has 0 heterocycles. The average Bonchev–Trinajstić information content (AvgIpc) is 2.90. The molecule has 5 nitrogen and oxygen atoms in total. The van der Waals surface area contributed by atoms with E-state index in [2.05, 4.69) is 25.2 Å². The minimum absolute atomic E-state index is 0.334. The number of hydrogen-bond acceptors (Lipinski definition) is 4. The van der Waals surface area contributed by atoms with Crippen LogP contribution in [0.4, 0.5) is 0 Å². The maximum Gasteiger partial charge on any atom is 0.249 e. The van der Waals surface area contributed by atoms with E-state index in [1.165, 1.54) is 103 Å². The lowest BCUT2D eigenvalue weighted by Crippen LogP contribution is -2.48. The van der Waals surface area contributed by atoms with Crippen LogP contribution in [0, 0.1) is 0 Å². The van der Waals surface area contributed by atoms with E-state index in [1.807, 2.05) is 12.2 Å². The number of amides is 1. The summed E-state index contributed by atoms with van der Waals surface area (Å²) in [6.45, 7) is 4.08. The summed E-state index contributed by atoms with van der Waals surface area (Å²) in [6.07, 6.45) is 30.6. The number of nitrogens with one attached hydrogen (secondary N) is 1. The number of aliphatic hydroxyl groups is 3. The first kappa shape index (κ1) is 35.8. The molecule has 0 aromatic carbocycles. The van der Waals surface area contributed by atoms with Gasteiger partial charge in [0.25, 0.3) is 0 Å². The van der Waals surface area contributed by atoms with Gasteiger partial charge in [-0.15, -0.1) is 0 Å². The fraction of sp³-hybridized carbons (Fsp3) is 0.844. The molecular weight excluding hydrogens is 462 g/mol. The van der Waals surface area contributed by atoms with E-state index in [1.54, 1.807) is 6.08 Å². The smallest absolute Gasteiger partial charge is 0.249 e. The van der Waals surface area contributed by atoms with Crippen molar-refractivity contribution < 1.29 is 20.1 Å². The van der Waals surface area contributed by atoms with E-state index in [9.17, 15) is 20.1 Å². The summed E-state index contributed by atoms with van der Waals surface area (Å²) in [5.41, 5.74) is 0. The van der Waals surface area contributed by atoms with Gasteiger partial charge in [0.05, 0.1) is 18.8 Å². The summed E-state index contributed by atoms with van der Waals surface area (Å²) < 4.78 is 0. The summed E-state index contributed by atoms with van der Waals surface area (Å²) in [7, 11) is 0. The highest BCUT2D eigenvalue weighted by Gasteiger charge is 2.22. The topological polar surface area (TPSA) is 89.8 Å². The largest absolute Gasteiger partial charge is 0.394 e. The number of aliphatic hydroxyl groups excluding tert-OH is 3. The van der Waals surface area contributed by atoms with Gasteiger partial charge in [0, 0.05) is 0 Å². The van der Waals surface area contributed by atoms with Crippen molar-refractivity contribution in [3.63, 3.8) is 0 Å². The van der Waals surface area contributed by atoms with Crippen LogP contribution in [-0.4, -0.2) is 46.1 Å². The summed E-state index contributed by atoms with van der Waals surface area (Å²) in [5.74, 6) is -0.542. The quantitative estimate of drug-likeness (QED) is 0.0661. The van der Waals surface area contributed by atoms with Crippen LogP contribution in [0.2, 0.25) is 0 Å². The van der Waals surface area contributed by atoms with Gasteiger partial charge in [0.2, 0.25) is 5.91 Å². The Morgan fingerprint density at radius 2 is 1.08 bits per heavy atom. The van der Waals surface area contributed by atoms with Crippen LogP contribution in [0.25, 0.3) is 0 Å². The maximum absolute atomic E-state index is 12.2. The molecule has 0 aromatic heterocycles. The zero-order valence-corrected chi connectivity index (χ0v) is 24.3. The van der Waals surface area contributed by atoms with Crippen LogP contribution in [0.3, 0.4) is 0 Å². The van der Waals surface area contributed by atoms with Crippen molar-refractivity contribution >= 4 is 5.91 Å². The molecule has 3 unspecified atom stereocenters. The molecular formula is C32H61NO4. The molecule has 0 saturated carbocycles.